The van der Waals surface area contributed by atoms with Gasteiger partial charge < -0.3 is 14.9 Å². The molecule has 0 radical (unpaired) electrons. The molecule has 2 heterocycles. The number of nitrogens with zero attached hydrogens (tertiary/aromatic N) is 2. The molecule has 5 nitrogen and oxygen atoms in total. The average molecular weight is 354 g/mol. The van der Waals surface area contributed by atoms with Gasteiger partial charge in [0.15, 0.2) is 11.5 Å². The van der Waals surface area contributed by atoms with Crippen molar-refractivity contribution in [2.75, 3.05) is 26.2 Å². The van der Waals surface area contributed by atoms with Crippen LogP contribution in [0.2, 0.25) is 0 Å². The number of aliphatic hydroxyl groups excluding tert-OH is 1. The fraction of sp³-hybridized carbons (Fsp3) is 0.524. The van der Waals surface area contributed by atoms with Crippen molar-refractivity contribution in [3.05, 3.63) is 47.2 Å². The average Bonchev–Trinajstić information content (AvgIpc) is 3.49. The minimum absolute atomic E-state index is 0.0202. The van der Waals surface area contributed by atoms with Crippen LogP contribution in [0, 0.1) is 5.92 Å². The minimum Gasteiger partial charge on any atom is -0.503 e. The molecule has 26 heavy (non-hydrogen) atoms. The Morgan fingerprint density at radius 2 is 1.73 bits per heavy atom. The van der Waals surface area contributed by atoms with Crippen molar-refractivity contribution in [1.29, 1.82) is 0 Å². The predicted octanol–water partition coefficient (Wildman–Crippen LogP) is 2.85. The normalized spacial score (nSPS) is 24.4. The van der Waals surface area contributed by atoms with Crippen molar-refractivity contribution in [1.82, 2.24) is 9.80 Å². The lowest BCUT2D eigenvalue weighted by molar-refractivity contribution is -0.129. The number of rotatable bonds is 6. The topological polar surface area (TPSA) is 60.9 Å². The number of piperidine rings is 1. The highest BCUT2D eigenvalue weighted by molar-refractivity contribution is 6.10. The molecule has 2 aliphatic heterocycles. The van der Waals surface area contributed by atoms with Gasteiger partial charge in [0.25, 0.3) is 5.91 Å². The van der Waals surface area contributed by atoms with Gasteiger partial charge in [0.1, 0.15) is 0 Å². The van der Waals surface area contributed by atoms with Gasteiger partial charge in [-0.1, -0.05) is 36.8 Å². The third-order valence-electron chi connectivity index (χ3n) is 5.74. The smallest absolute Gasteiger partial charge is 0.290 e. The molecule has 1 unspecified atom stereocenters. The number of likely N-dealkylation sites (tertiary alicyclic amines) is 1. The molecule has 5 heteroatoms. The quantitative estimate of drug-likeness (QED) is 0.853. The van der Waals surface area contributed by atoms with E-state index in [1.807, 2.05) is 30.3 Å². The largest absolute Gasteiger partial charge is 0.503 e. The van der Waals surface area contributed by atoms with Gasteiger partial charge >= 0.3 is 0 Å². The van der Waals surface area contributed by atoms with E-state index in [2.05, 4.69) is 4.90 Å². The highest BCUT2D eigenvalue weighted by Crippen LogP contribution is 2.43. The molecule has 1 aromatic rings. The monoisotopic (exact) mass is 354 g/mol. The number of Topliss-reactive ketones (excluding diaryl/α,β-unsaturated/α-hetero) is 1. The molecule has 4 rings (SSSR count). The summed E-state index contributed by atoms with van der Waals surface area (Å²) < 4.78 is 0. The molecule has 1 aromatic carbocycles. The molecule has 2 fully saturated rings. The lowest BCUT2D eigenvalue weighted by Gasteiger charge is -2.31. The van der Waals surface area contributed by atoms with E-state index in [1.165, 1.54) is 19.3 Å². The van der Waals surface area contributed by atoms with Gasteiger partial charge in [-0.25, -0.2) is 0 Å². The predicted molar refractivity (Wildman–Crippen MR) is 98.6 cm³/mol. The number of benzene rings is 1. The van der Waals surface area contributed by atoms with Crippen LogP contribution in [-0.2, 0) is 9.59 Å². The maximum Gasteiger partial charge on any atom is 0.290 e. The van der Waals surface area contributed by atoms with Crippen LogP contribution in [0.4, 0.5) is 0 Å². The second-order valence-electron chi connectivity index (χ2n) is 7.61. The molecule has 1 saturated heterocycles. The summed E-state index contributed by atoms with van der Waals surface area (Å²) in [5.41, 5.74) is 1.20. The molecule has 1 saturated carbocycles. The van der Waals surface area contributed by atoms with E-state index in [9.17, 15) is 14.7 Å². The zero-order valence-electron chi connectivity index (χ0n) is 15.1. The molecule has 1 atom stereocenters. The molecule has 0 spiro atoms. The summed E-state index contributed by atoms with van der Waals surface area (Å²) in [7, 11) is 0. The molecular weight excluding hydrogens is 328 g/mol. The van der Waals surface area contributed by atoms with Crippen LogP contribution in [0.1, 0.15) is 43.7 Å². The summed E-state index contributed by atoms with van der Waals surface area (Å²) in [5.74, 6) is -0.812. The molecule has 1 aliphatic carbocycles. The number of amides is 1. The van der Waals surface area contributed by atoms with Crippen molar-refractivity contribution < 1.29 is 14.7 Å². The van der Waals surface area contributed by atoms with Crippen LogP contribution < -0.4 is 0 Å². The fourth-order valence-electron chi connectivity index (χ4n) is 4.12. The Morgan fingerprint density at radius 3 is 2.38 bits per heavy atom. The van der Waals surface area contributed by atoms with Crippen molar-refractivity contribution >= 4 is 11.7 Å². The first-order valence-corrected chi connectivity index (χ1v) is 9.72. The van der Waals surface area contributed by atoms with Crippen molar-refractivity contribution in [3.8, 4) is 0 Å². The second kappa shape index (κ2) is 7.23. The first kappa shape index (κ1) is 17.3. The van der Waals surface area contributed by atoms with Crippen LogP contribution in [0.3, 0.4) is 0 Å². The number of hydrogen-bond acceptors (Lipinski definition) is 4. The summed E-state index contributed by atoms with van der Waals surface area (Å²) in [6, 6.07) is 9.16. The first-order valence-electron chi connectivity index (χ1n) is 9.72. The summed E-state index contributed by atoms with van der Waals surface area (Å²) in [5, 5.41) is 10.5. The molecular formula is C21H26N2O3. The van der Waals surface area contributed by atoms with Crippen LogP contribution in [0.25, 0.3) is 0 Å². The minimum atomic E-state index is -0.457. The lowest BCUT2D eigenvalue weighted by Crippen LogP contribution is -2.40. The van der Waals surface area contributed by atoms with Gasteiger partial charge in [-0.15, -0.1) is 0 Å². The van der Waals surface area contributed by atoms with E-state index >= 15 is 0 Å². The van der Waals surface area contributed by atoms with E-state index < -0.39 is 11.9 Å². The van der Waals surface area contributed by atoms with E-state index in [4.69, 9.17) is 0 Å². The number of carbonyl (C=O) groups excluding carboxylic acids is 2. The third-order valence-corrected chi connectivity index (χ3v) is 5.74. The summed E-state index contributed by atoms with van der Waals surface area (Å²) in [4.78, 5) is 29.6. The summed E-state index contributed by atoms with van der Waals surface area (Å²) in [6.45, 7) is 3.44. The molecule has 1 N–H and O–H groups in total. The molecule has 0 bridgehead atoms. The first-order chi connectivity index (χ1) is 12.7. The van der Waals surface area contributed by atoms with Gasteiger partial charge in [0.05, 0.1) is 11.6 Å². The van der Waals surface area contributed by atoms with Gasteiger partial charge in [0.2, 0.25) is 0 Å². The summed E-state index contributed by atoms with van der Waals surface area (Å²) >= 11 is 0. The van der Waals surface area contributed by atoms with E-state index in [0.29, 0.717) is 12.1 Å². The highest BCUT2D eigenvalue weighted by atomic mass is 16.3. The second-order valence-corrected chi connectivity index (χ2v) is 7.61. The van der Waals surface area contributed by atoms with Gasteiger partial charge in [-0.3, -0.25) is 9.59 Å². The Labute approximate surface area is 154 Å². The van der Waals surface area contributed by atoms with E-state index in [0.717, 1.165) is 38.0 Å². The zero-order valence-corrected chi connectivity index (χ0v) is 15.1. The van der Waals surface area contributed by atoms with Gasteiger partial charge in [0, 0.05) is 19.0 Å². The zero-order chi connectivity index (χ0) is 18.1. The van der Waals surface area contributed by atoms with E-state index in [-0.39, 0.29) is 17.5 Å². The summed E-state index contributed by atoms with van der Waals surface area (Å²) in [6.07, 6.45) is 5.39. The standard InChI is InChI=1S/C21H26N2O3/c24-19(16-9-10-16)17-18(15-7-3-1-4-8-15)23(21(26)20(17)25)14-13-22-11-5-2-6-12-22/h1,3-4,7-8,16,18,25H,2,5-6,9-14H2. The number of aliphatic hydroxyl groups is 1. The van der Waals surface area contributed by atoms with Crippen molar-refractivity contribution in [3.63, 3.8) is 0 Å². The fourth-order valence-corrected chi connectivity index (χ4v) is 4.12. The Kier molecular flexibility index (Phi) is 4.81. The molecule has 3 aliphatic rings. The molecule has 0 aromatic heterocycles. The van der Waals surface area contributed by atoms with Gasteiger partial charge in [-0.2, -0.15) is 0 Å². The Morgan fingerprint density at radius 1 is 1.04 bits per heavy atom. The van der Waals surface area contributed by atoms with Crippen LogP contribution >= 0.6 is 0 Å². The maximum atomic E-state index is 12.8. The highest BCUT2D eigenvalue weighted by Gasteiger charge is 2.46. The lowest BCUT2D eigenvalue weighted by atomic mass is 9.94. The number of ketones is 1. The van der Waals surface area contributed by atoms with Crippen LogP contribution in [0.5, 0.6) is 0 Å². The number of hydrogen-bond donors (Lipinski definition) is 1. The Hall–Kier alpha value is -2.14. The van der Waals surface area contributed by atoms with Crippen molar-refractivity contribution in [2.24, 2.45) is 5.92 Å². The maximum absolute atomic E-state index is 12.8. The molecule has 138 valence electrons. The molecule has 1 amide bonds. The Balaban J connectivity index is 1.59. The van der Waals surface area contributed by atoms with Gasteiger partial charge in [-0.05, 0) is 44.3 Å². The van der Waals surface area contributed by atoms with Crippen molar-refractivity contribution in [2.45, 2.75) is 38.1 Å². The Bertz CT molecular complexity index is 718. The number of carbonyl (C=O) groups is 2. The van der Waals surface area contributed by atoms with Crippen LogP contribution in [-0.4, -0.2) is 52.8 Å². The SMILES string of the molecule is O=C(C1=C(O)C(=O)N(CCN2CCCCC2)C1c1ccccc1)C1CC1. The third kappa shape index (κ3) is 3.28. The van der Waals surface area contributed by atoms with E-state index in [1.54, 1.807) is 4.90 Å². The van der Waals surface area contributed by atoms with Crippen LogP contribution in [0.15, 0.2) is 41.7 Å².